The average Bonchev–Trinajstić information content (AvgIpc) is 3.47. The van der Waals surface area contributed by atoms with Crippen molar-refractivity contribution in [3.63, 3.8) is 0 Å². The van der Waals surface area contributed by atoms with Crippen LogP contribution in [-0.2, 0) is 4.74 Å². The summed E-state index contributed by atoms with van der Waals surface area (Å²) in [6.07, 6.45) is 12.4. The molecule has 0 fully saturated rings. The highest BCUT2D eigenvalue weighted by Crippen LogP contribution is 2.38. The van der Waals surface area contributed by atoms with Gasteiger partial charge in [-0.05, 0) is 68.1 Å². The molecule has 0 saturated carbocycles. The number of aryl methyl sites for hydroxylation is 2. The second kappa shape index (κ2) is 11.7. The van der Waals surface area contributed by atoms with Gasteiger partial charge in [-0.1, -0.05) is 52.4 Å². The molecule has 218 valence electrons. The molecule has 0 amide bonds. The standard InChI is InChI=1S/C31H39BF2N4O3/c1-5-7-9-10-12-22(11-8-6-2)19-41-29-18-27(23-13-14-24-25(16-23)31(40)36-35-30(24)39)38-28(29)17-26-20(3)15-21(4)37(26)32(38,33)34/h13-18,22H,5-12,19H2,1-4H3,(H,35,39)(H,36,40). The van der Waals surface area contributed by atoms with Crippen molar-refractivity contribution >= 4 is 29.5 Å². The number of unbranched alkanes of at least 4 members (excludes halogenated alkanes) is 4. The molecule has 5 rings (SSSR count). The molecule has 0 spiro atoms. The second-order valence-electron chi connectivity index (χ2n) is 11.4. The highest BCUT2D eigenvalue weighted by Gasteiger charge is 2.55. The maximum absolute atomic E-state index is 16.5. The number of aromatic amines is 2. The molecular formula is C31H39BF2N4O3. The number of benzene rings is 1. The summed E-state index contributed by atoms with van der Waals surface area (Å²) in [5.41, 5.74) is 1.74. The maximum atomic E-state index is 16.5. The highest BCUT2D eigenvalue weighted by molar-refractivity contribution is 6.58. The molecule has 7 nitrogen and oxygen atoms in total. The molecule has 2 aromatic heterocycles. The molecule has 41 heavy (non-hydrogen) atoms. The first-order chi connectivity index (χ1) is 19.7. The smallest absolute Gasteiger partial charge is 0.487 e. The molecule has 2 aliphatic heterocycles. The number of nitrogens with zero attached hydrogens (tertiary/aromatic N) is 2. The third kappa shape index (κ3) is 5.36. The summed E-state index contributed by atoms with van der Waals surface area (Å²) < 4.78 is 41.5. The van der Waals surface area contributed by atoms with Crippen LogP contribution in [0, 0.1) is 19.8 Å². The van der Waals surface area contributed by atoms with Crippen LogP contribution in [0.25, 0.3) is 16.8 Å². The van der Waals surface area contributed by atoms with E-state index in [1.165, 1.54) is 31.4 Å². The van der Waals surface area contributed by atoms with Gasteiger partial charge in [0.15, 0.2) is 11.5 Å². The van der Waals surface area contributed by atoms with E-state index in [2.05, 4.69) is 24.0 Å². The van der Waals surface area contributed by atoms with Gasteiger partial charge in [-0.15, -0.1) is 0 Å². The van der Waals surface area contributed by atoms with E-state index in [4.69, 9.17) is 4.74 Å². The molecular weight excluding hydrogens is 525 g/mol. The number of allylic oxidation sites excluding steroid dienone is 1. The lowest BCUT2D eigenvalue weighted by Gasteiger charge is -2.31. The number of hydrogen-bond donors (Lipinski definition) is 2. The minimum atomic E-state index is -4.27. The van der Waals surface area contributed by atoms with Crippen LogP contribution in [-0.4, -0.2) is 38.5 Å². The zero-order valence-corrected chi connectivity index (χ0v) is 24.4. The van der Waals surface area contributed by atoms with Crippen molar-refractivity contribution < 1.29 is 17.9 Å². The van der Waals surface area contributed by atoms with Crippen molar-refractivity contribution in [2.75, 3.05) is 6.61 Å². The molecule has 2 aliphatic rings. The molecule has 10 heteroatoms. The Hall–Kier alpha value is -3.69. The van der Waals surface area contributed by atoms with E-state index in [0.717, 1.165) is 46.6 Å². The largest absolute Gasteiger partial charge is 0.737 e. The number of nitrogens with one attached hydrogen (secondary N) is 2. The lowest BCUT2D eigenvalue weighted by atomic mass is 9.89. The van der Waals surface area contributed by atoms with E-state index < -0.39 is 18.1 Å². The molecule has 0 aliphatic carbocycles. The van der Waals surface area contributed by atoms with Gasteiger partial charge in [-0.25, -0.2) is 0 Å². The van der Waals surface area contributed by atoms with Crippen LogP contribution in [0.3, 0.4) is 0 Å². The second-order valence-corrected chi connectivity index (χ2v) is 11.4. The predicted molar refractivity (Wildman–Crippen MR) is 161 cm³/mol. The molecule has 0 saturated heterocycles. The number of aromatic nitrogens is 3. The summed E-state index contributed by atoms with van der Waals surface area (Å²) in [6.45, 7) is 4.09. The number of hydrogen-bond acceptors (Lipinski definition) is 3. The van der Waals surface area contributed by atoms with Crippen LogP contribution in [0.2, 0.25) is 0 Å². The van der Waals surface area contributed by atoms with E-state index in [-0.39, 0.29) is 16.5 Å². The van der Waals surface area contributed by atoms with Gasteiger partial charge in [0.05, 0.1) is 23.5 Å². The lowest BCUT2D eigenvalue weighted by Crippen LogP contribution is -2.51. The Kier molecular flexibility index (Phi) is 8.20. The first-order valence-electron chi connectivity index (χ1n) is 14.9. The van der Waals surface area contributed by atoms with Crippen molar-refractivity contribution in [2.24, 2.45) is 5.92 Å². The Labute approximate surface area is 238 Å². The Morgan fingerprint density at radius 3 is 2.37 bits per heavy atom. The van der Waals surface area contributed by atoms with Crippen molar-refractivity contribution in [3.8, 4) is 0 Å². The zero-order chi connectivity index (χ0) is 29.3. The molecule has 1 aromatic carbocycles. The normalized spacial score (nSPS) is 16.4. The summed E-state index contributed by atoms with van der Waals surface area (Å²) in [6, 6.07) is 6.39. The van der Waals surface area contributed by atoms with Gasteiger partial charge < -0.3 is 22.3 Å². The van der Waals surface area contributed by atoms with Gasteiger partial charge >= 0.3 is 6.97 Å². The number of ether oxygens (including phenoxy) is 1. The van der Waals surface area contributed by atoms with E-state index in [1.54, 1.807) is 31.2 Å². The Balaban J connectivity index is 1.57. The van der Waals surface area contributed by atoms with Gasteiger partial charge in [0, 0.05) is 17.3 Å². The summed E-state index contributed by atoms with van der Waals surface area (Å²) in [5, 5.41) is 4.97. The van der Waals surface area contributed by atoms with E-state index in [0.29, 0.717) is 40.9 Å². The van der Waals surface area contributed by atoms with Gasteiger partial charge in [-0.3, -0.25) is 19.8 Å². The lowest BCUT2D eigenvalue weighted by molar-refractivity contribution is -0.365. The Morgan fingerprint density at radius 1 is 0.927 bits per heavy atom. The SMILES string of the molecule is CCCCCCC(CCCC)COC1=CC(c2ccc3c(=O)[nH][nH]c(=O)c3c2)=[N+]2C1=Cc1c(C)cc(C)n1[B-]2(F)F. The fourth-order valence-electron chi connectivity index (χ4n) is 6.22. The topological polar surface area (TPSA) is 82.9 Å². The van der Waals surface area contributed by atoms with Gasteiger partial charge in [-0.2, -0.15) is 0 Å². The van der Waals surface area contributed by atoms with Crippen LogP contribution in [0.4, 0.5) is 8.63 Å². The number of H-pyrrole nitrogens is 2. The van der Waals surface area contributed by atoms with Crippen LogP contribution < -0.4 is 11.1 Å². The van der Waals surface area contributed by atoms with E-state index in [9.17, 15) is 9.59 Å². The molecule has 0 radical (unpaired) electrons. The van der Waals surface area contributed by atoms with Gasteiger partial charge in [0.25, 0.3) is 11.1 Å². The minimum Gasteiger partial charge on any atom is -0.487 e. The number of fused-ring (bicyclic) bond motifs is 3. The fourth-order valence-corrected chi connectivity index (χ4v) is 6.22. The highest BCUT2D eigenvalue weighted by atomic mass is 19.2. The van der Waals surface area contributed by atoms with Crippen molar-refractivity contribution in [2.45, 2.75) is 79.1 Å². The maximum Gasteiger partial charge on any atom is 0.737 e. The molecule has 1 atom stereocenters. The zero-order valence-electron chi connectivity index (χ0n) is 24.4. The monoisotopic (exact) mass is 564 g/mol. The third-order valence-electron chi connectivity index (χ3n) is 8.40. The average molecular weight is 564 g/mol. The quantitative estimate of drug-likeness (QED) is 0.197. The van der Waals surface area contributed by atoms with E-state index in [1.807, 2.05) is 6.92 Å². The van der Waals surface area contributed by atoms with Crippen LogP contribution in [0.15, 0.2) is 51.4 Å². The van der Waals surface area contributed by atoms with Gasteiger partial charge in [0.2, 0.25) is 5.70 Å². The Bertz CT molecular complexity index is 1680. The summed E-state index contributed by atoms with van der Waals surface area (Å²) in [7, 11) is 0. The molecule has 2 N–H and O–H groups in total. The fraction of sp³-hybridized carbons (Fsp3) is 0.452. The predicted octanol–water partition coefficient (Wildman–Crippen LogP) is 6.40. The molecule has 1 unspecified atom stereocenters. The van der Waals surface area contributed by atoms with Gasteiger partial charge in [0.1, 0.15) is 0 Å². The number of halogens is 2. The Morgan fingerprint density at radius 2 is 1.63 bits per heavy atom. The first-order valence-corrected chi connectivity index (χ1v) is 14.9. The third-order valence-corrected chi connectivity index (χ3v) is 8.40. The van der Waals surface area contributed by atoms with Crippen molar-refractivity contribution in [3.05, 3.63) is 85.0 Å². The molecule has 3 aromatic rings. The summed E-state index contributed by atoms with van der Waals surface area (Å²) in [5.74, 6) is 0.750. The molecule has 0 bridgehead atoms. The summed E-state index contributed by atoms with van der Waals surface area (Å²) in [4.78, 5) is 24.8. The first kappa shape index (κ1) is 28.8. The summed E-state index contributed by atoms with van der Waals surface area (Å²) >= 11 is 0. The van der Waals surface area contributed by atoms with Crippen LogP contribution in [0.1, 0.15) is 87.7 Å². The minimum absolute atomic E-state index is 0.139. The van der Waals surface area contributed by atoms with Crippen molar-refractivity contribution in [1.29, 1.82) is 0 Å². The van der Waals surface area contributed by atoms with Crippen LogP contribution in [0.5, 0.6) is 0 Å². The molecule has 4 heterocycles. The number of rotatable bonds is 12. The van der Waals surface area contributed by atoms with Crippen molar-refractivity contribution in [1.82, 2.24) is 14.7 Å². The van der Waals surface area contributed by atoms with Crippen LogP contribution >= 0.6 is 0 Å². The van der Waals surface area contributed by atoms with E-state index >= 15 is 8.63 Å².